The van der Waals surface area contributed by atoms with Crippen LogP contribution in [-0.2, 0) is 33.3 Å². The van der Waals surface area contributed by atoms with E-state index >= 15 is 0 Å². The number of carbonyl (C=O) groups excluding carboxylic acids is 3. The molecule has 0 aromatic rings. The number of hydrogen-bond acceptors (Lipinski definition) is 10. The minimum absolute atomic E-state index is 0.262. The number of nitrogens with two attached hydrogens (primary N) is 1. The Morgan fingerprint density at radius 3 is 2.62 bits per heavy atom. The lowest BCUT2D eigenvalue weighted by atomic mass is 9.61. The zero-order valence-electron chi connectivity index (χ0n) is 18.4. The number of aliphatic hydroxyl groups excluding tert-OH is 1. The minimum Gasteiger partial charge on any atom is -0.462 e. The van der Waals surface area contributed by atoms with Gasteiger partial charge in [-0.15, -0.1) is 0 Å². The average molecular weight is 451 g/mol. The summed E-state index contributed by atoms with van der Waals surface area (Å²) in [5.74, 6) is -3.01. The van der Waals surface area contributed by atoms with E-state index in [2.05, 4.69) is 0 Å². The molecule has 0 amide bonds. The number of hydrogen-bond donors (Lipinski definition) is 3. The highest BCUT2D eigenvalue weighted by molar-refractivity contribution is 5.82. The molecule has 10 heteroatoms. The van der Waals surface area contributed by atoms with Crippen LogP contribution in [-0.4, -0.2) is 64.4 Å². The third kappa shape index (κ3) is 2.48. The van der Waals surface area contributed by atoms with Crippen LogP contribution in [0.4, 0.5) is 0 Å². The first-order valence-corrected chi connectivity index (χ1v) is 10.9. The third-order valence-corrected chi connectivity index (χ3v) is 8.49. The second kappa shape index (κ2) is 6.45. The molecule has 3 saturated carbocycles. The van der Waals surface area contributed by atoms with E-state index < -0.39 is 76.8 Å². The molecule has 1 saturated heterocycles. The fourth-order valence-electron chi connectivity index (χ4n) is 7.16. The van der Waals surface area contributed by atoms with Crippen LogP contribution in [0, 0.1) is 28.6 Å². The van der Waals surface area contributed by atoms with Gasteiger partial charge in [0.2, 0.25) is 6.29 Å². The topological polar surface area (TPSA) is 155 Å². The smallest absolute Gasteiger partial charge is 0.328 e. The molecule has 0 radical (unpaired) electrons. The third-order valence-electron chi connectivity index (χ3n) is 8.49. The Bertz CT molecular complexity index is 925. The van der Waals surface area contributed by atoms with Crippen molar-refractivity contribution in [1.29, 1.82) is 0 Å². The predicted molar refractivity (Wildman–Crippen MR) is 105 cm³/mol. The van der Waals surface area contributed by atoms with Crippen molar-refractivity contribution in [3.63, 3.8) is 0 Å². The van der Waals surface area contributed by atoms with Gasteiger partial charge in [-0.05, 0) is 33.6 Å². The average Bonchev–Trinajstić information content (AvgIpc) is 3.09. The monoisotopic (exact) mass is 451 g/mol. The van der Waals surface area contributed by atoms with Crippen LogP contribution in [0.25, 0.3) is 0 Å². The molecule has 1 unspecified atom stereocenters. The van der Waals surface area contributed by atoms with Crippen molar-refractivity contribution < 1.29 is 43.5 Å². The fraction of sp³-hybridized carbons (Fsp3) is 0.773. The maximum Gasteiger partial charge on any atom is 0.328 e. The van der Waals surface area contributed by atoms with Gasteiger partial charge in [-0.3, -0.25) is 14.4 Å². The predicted octanol–water partition coefficient (Wildman–Crippen LogP) is -0.252. The number of ether oxygens (including phenoxy) is 4. The van der Waals surface area contributed by atoms with Gasteiger partial charge in [0.05, 0.1) is 23.4 Å². The van der Waals surface area contributed by atoms with Crippen molar-refractivity contribution >= 4 is 17.9 Å². The normalized spacial score (nSPS) is 46.5. The molecule has 2 heterocycles. The van der Waals surface area contributed by atoms with Crippen LogP contribution in [0.5, 0.6) is 0 Å². The van der Waals surface area contributed by atoms with Gasteiger partial charge in [-0.1, -0.05) is 0 Å². The number of rotatable bonds is 4. The second-order valence-electron chi connectivity index (χ2n) is 10.6. The fourth-order valence-corrected chi connectivity index (χ4v) is 7.16. The van der Waals surface area contributed by atoms with Crippen LogP contribution >= 0.6 is 0 Å². The summed E-state index contributed by atoms with van der Waals surface area (Å²) >= 11 is 0. The van der Waals surface area contributed by atoms with E-state index in [1.165, 1.54) is 27.0 Å². The standard InChI is InChI=1S/C22H29NO9/c1-8(24)30-13-10-6-22-9-5-12(25)15(22)21(10,4)19(27)31-14(13)11(22)7-29-18(9)32-17(26)16(23)20(2,3)28/h7,9-10,12-16,18,25,28H,5-6,23H2,1-4H3/t9-,10+,12-,13?,14-,15+,16-,18+,21-,22+/m1/s1. The molecule has 0 aromatic carbocycles. The Kier molecular flexibility index (Phi) is 4.37. The molecule has 10 atom stereocenters. The quantitative estimate of drug-likeness (QED) is 0.385. The lowest BCUT2D eigenvalue weighted by Gasteiger charge is -2.51. The summed E-state index contributed by atoms with van der Waals surface area (Å²) in [6.07, 6.45) is -1.23. The van der Waals surface area contributed by atoms with E-state index in [0.717, 1.165) is 0 Å². The van der Waals surface area contributed by atoms with Gasteiger partial charge < -0.3 is 34.9 Å². The van der Waals surface area contributed by atoms with E-state index in [-0.39, 0.29) is 12.3 Å². The van der Waals surface area contributed by atoms with Gasteiger partial charge in [-0.2, -0.15) is 0 Å². The molecule has 4 fully saturated rings. The van der Waals surface area contributed by atoms with E-state index in [9.17, 15) is 24.6 Å². The van der Waals surface area contributed by atoms with Crippen LogP contribution in [0.3, 0.4) is 0 Å². The van der Waals surface area contributed by atoms with Gasteiger partial charge >= 0.3 is 17.9 Å². The van der Waals surface area contributed by atoms with E-state index in [1.54, 1.807) is 6.92 Å². The Morgan fingerprint density at radius 2 is 2.00 bits per heavy atom. The van der Waals surface area contributed by atoms with Gasteiger partial charge in [-0.25, -0.2) is 0 Å². The molecule has 4 N–H and O–H groups in total. The molecule has 10 nitrogen and oxygen atoms in total. The summed E-state index contributed by atoms with van der Waals surface area (Å²) in [6.45, 7) is 5.89. The van der Waals surface area contributed by atoms with E-state index in [0.29, 0.717) is 12.0 Å². The molecule has 5 rings (SSSR count). The van der Waals surface area contributed by atoms with Crippen LogP contribution in [0.2, 0.25) is 0 Å². The highest BCUT2D eigenvalue weighted by atomic mass is 16.7. The largest absolute Gasteiger partial charge is 0.462 e. The molecule has 3 aliphatic carbocycles. The van der Waals surface area contributed by atoms with Gasteiger partial charge in [0, 0.05) is 35.7 Å². The maximum absolute atomic E-state index is 13.1. The summed E-state index contributed by atoms with van der Waals surface area (Å²) in [6, 6.07) is -1.29. The zero-order chi connectivity index (χ0) is 23.4. The van der Waals surface area contributed by atoms with Crippen LogP contribution < -0.4 is 5.73 Å². The van der Waals surface area contributed by atoms with Gasteiger partial charge in [0.15, 0.2) is 6.10 Å². The first-order chi connectivity index (χ1) is 14.8. The zero-order valence-corrected chi connectivity index (χ0v) is 18.4. The molecule has 3 bridgehead atoms. The SMILES string of the molecule is CC(=O)OC1[C@@H]2OC(=O)[C@]3(C)[C@H]1C[C@@]14C2=CO[C@@H](OC(=O)[C@@H](N)C(C)(C)O)[C@H]1C[C@@H](O)[C@@H]34. The van der Waals surface area contributed by atoms with Crippen LogP contribution in [0.1, 0.15) is 40.5 Å². The maximum atomic E-state index is 13.1. The first-order valence-electron chi connectivity index (χ1n) is 10.9. The van der Waals surface area contributed by atoms with Crippen molar-refractivity contribution in [1.82, 2.24) is 0 Å². The van der Waals surface area contributed by atoms with Gasteiger partial charge in [0.25, 0.3) is 0 Å². The molecule has 1 spiro atoms. The summed E-state index contributed by atoms with van der Waals surface area (Å²) in [5, 5.41) is 21.2. The van der Waals surface area contributed by atoms with Crippen molar-refractivity contribution in [2.45, 2.75) is 76.8 Å². The molecule has 176 valence electrons. The van der Waals surface area contributed by atoms with Crippen molar-refractivity contribution in [2.24, 2.45) is 34.3 Å². The highest BCUT2D eigenvalue weighted by Gasteiger charge is 2.82. The summed E-state index contributed by atoms with van der Waals surface area (Å²) < 4.78 is 22.7. The number of carbonyl (C=O) groups is 3. The van der Waals surface area contributed by atoms with E-state index in [4.69, 9.17) is 24.7 Å². The molecular weight excluding hydrogens is 422 g/mol. The summed E-state index contributed by atoms with van der Waals surface area (Å²) in [4.78, 5) is 37.5. The van der Waals surface area contributed by atoms with Crippen LogP contribution in [0.15, 0.2) is 11.8 Å². The molecule has 0 aromatic heterocycles. The lowest BCUT2D eigenvalue weighted by molar-refractivity contribution is -0.212. The Balaban J connectivity index is 1.56. The molecule has 32 heavy (non-hydrogen) atoms. The minimum atomic E-state index is -1.49. The second-order valence-corrected chi connectivity index (χ2v) is 10.6. The summed E-state index contributed by atoms with van der Waals surface area (Å²) in [7, 11) is 0. The van der Waals surface area contributed by atoms with Crippen molar-refractivity contribution in [2.75, 3.05) is 0 Å². The number of esters is 3. The molecule has 2 aliphatic heterocycles. The molecule has 5 aliphatic rings. The molecular formula is C22H29NO9. The number of aliphatic hydroxyl groups is 2. The Morgan fingerprint density at radius 1 is 1.31 bits per heavy atom. The Hall–Kier alpha value is -2.17. The summed E-state index contributed by atoms with van der Waals surface area (Å²) in [5.41, 5.74) is 3.24. The number of fused-ring (bicyclic) bond motifs is 3. The van der Waals surface area contributed by atoms with Gasteiger partial charge in [0.1, 0.15) is 12.1 Å². The Labute approximate surface area is 185 Å². The van der Waals surface area contributed by atoms with E-state index in [1.807, 2.05) is 0 Å². The lowest BCUT2D eigenvalue weighted by Crippen LogP contribution is -2.59. The first kappa shape index (κ1) is 21.7. The van der Waals surface area contributed by atoms with Crippen molar-refractivity contribution in [3.8, 4) is 0 Å². The highest BCUT2D eigenvalue weighted by Crippen LogP contribution is 2.77. The van der Waals surface area contributed by atoms with Crippen molar-refractivity contribution in [3.05, 3.63) is 11.8 Å².